The quantitative estimate of drug-likeness (QED) is 0.444. The zero-order chi connectivity index (χ0) is 14.1. The molecule has 0 N–H and O–H groups in total. The Morgan fingerprint density at radius 3 is 2.00 bits per heavy atom. The number of imide groups is 1. The van der Waals surface area contributed by atoms with Crippen LogP contribution in [0.15, 0.2) is 0 Å². The molecule has 1 heterocycles. The van der Waals surface area contributed by atoms with Crippen LogP contribution in [0.25, 0.3) is 0 Å². The first-order valence-corrected chi connectivity index (χ1v) is 6.01. The molecule has 102 valence electrons. The number of hydrogen-bond donors (Lipinski definition) is 0. The van der Waals surface area contributed by atoms with E-state index in [-0.39, 0.29) is 12.8 Å². The van der Waals surface area contributed by atoms with Crippen LogP contribution in [0, 0.1) is 0 Å². The average Bonchev–Trinajstić information content (AvgIpc) is 2.46. The fourth-order valence-corrected chi connectivity index (χ4v) is 1.13. The van der Waals surface area contributed by atoms with Gasteiger partial charge >= 0.3 is 6.16 Å². The van der Waals surface area contributed by atoms with Crippen LogP contribution in [0.2, 0.25) is 0 Å². The summed E-state index contributed by atoms with van der Waals surface area (Å²) in [6.07, 6.45) is -1.32. The third-order valence-electron chi connectivity index (χ3n) is 2.19. The Hall–Kier alpha value is -0.720. The van der Waals surface area contributed by atoms with E-state index in [1.54, 1.807) is 0 Å². The summed E-state index contributed by atoms with van der Waals surface area (Å²) in [4.78, 5) is 38.2. The summed E-state index contributed by atoms with van der Waals surface area (Å²) < 4.78 is 2.87. The van der Waals surface area contributed by atoms with Gasteiger partial charge in [-0.1, -0.05) is 39.9 Å². The zero-order valence-electron chi connectivity index (χ0n) is 9.54. The van der Waals surface area contributed by atoms with Crippen molar-refractivity contribution in [2.45, 2.75) is 36.1 Å². The molecular weight excluding hydrogens is 308 g/mol. The minimum Gasteiger partial charge on any atom is -0.422 e. The largest absolute Gasteiger partial charge is 0.534 e. The molecule has 0 aromatic rings. The lowest BCUT2D eigenvalue weighted by molar-refractivity contribution is -0.180. The van der Waals surface area contributed by atoms with E-state index in [0.717, 1.165) is 0 Å². The van der Waals surface area contributed by atoms with Crippen molar-refractivity contribution >= 4 is 52.8 Å². The molecule has 0 aliphatic carbocycles. The van der Waals surface area contributed by atoms with E-state index < -0.39 is 27.4 Å². The fraction of sp³-hybridized carbons (Fsp3) is 0.667. The number of carbonyl (C=O) groups is 3. The minimum atomic E-state index is -1.88. The van der Waals surface area contributed by atoms with E-state index in [1.165, 1.54) is 13.8 Å². The molecule has 0 saturated carbocycles. The van der Waals surface area contributed by atoms with E-state index in [4.69, 9.17) is 39.5 Å². The van der Waals surface area contributed by atoms with Gasteiger partial charge in [0.1, 0.15) is 0 Å². The molecule has 0 bridgehead atoms. The Kier molecular flexibility index (Phi) is 4.35. The van der Waals surface area contributed by atoms with Crippen LogP contribution < -0.4 is 0 Å². The molecule has 6 nitrogen and oxygen atoms in total. The summed E-state index contributed by atoms with van der Waals surface area (Å²) in [6.45, 7) is 2.68. The maximum atomic E-state index is 11.4. The predicted molar refractivity (Wildman–Crippen MR) is 63.0 cm³/mol. The van der Waals surface area contributed by atoms with Crippen molar-refractivity contribution in [3.63, 3.8) is 0 Å². The molecule has 1 aliphatic heterocycles. The van der Waals surface area contributed by atoms with Crippen molar-refractivity contribution in [1.82, 2.24) is 5.06 Å². The first-order chi connectivity index (χ1) is 8.04. The molecule has 1 saturated heterocycles. The Morgan fingerprint density at radius 1 is 1.17 bits per heavy atom. The first kappa shape index (κ1) is 15.3. The molecule has 0 aromatic heterocycles. The van der Waals surface area contributed by atoms with Gasteiger partial charge in [0.05, 0.1) is 0 Å². The third kappa shape index (κ3) is 3.40. The molecule has 0 atom stereocenters. The molecule has 0 spiro atoms. The van der Waals surface area contributed by atoms with Crippen molar-refractivity contribution in [3.05, 3.63) is 0 Å². The van der Waals surface area contributed by atoms with Gasteiger partial charge in [0.2, 0.25) is 3.79 Å². The summed E-state index contributed by atoms with van der Waals surface area (Å²) in [5, 5.41) is 0.344. The number of hydroxylamine groups is 2. The normalized spacial score (nSPS) is 17.1. The number of rotatable bonds is 2. The summed E-state index contributed by atoms with van der Waals surface area (Å²) in [7, 11) is 0. The van der Waals surface area contributed by atoms with Gasteiger partial charge in [0, 0.05) is 12.8 Å². The maximum Gasteiger partial charge on any atom is 0.534 e. The fourth-order valence-electron chi connectivity index (χ4n) is 1.02. The van der Waals surface area contributed by atoms with Gasteiger partial charge in [-0.3, -0.25) is 14.4 Å². The maximum absolute atomic E-state index is 11.4. The first-order valence-electron chi connectivity index (χ1n) is 4.88. The molecule has 2 amide bonds. The smallest absolute Gasteiger partial charge is 0.422 e. The van der Waals surface area contributed by atoms with Crippen molar-refractivity contribution in [2.24, 2.45) is 0 Å². The number of carbonyl (C=O) groups excluding carboxylic acids is 3. The van der Waals surface area contributed by atoms with Gasteiger partial charge in [-0.05, 0) is 13.8 Å². The van der Waals surface area contributed by atoms with Crippen molar-refractivity contribution in [2.75, 3.05) is 0 Å². The highest BCUT2D eigenvalue weighted by atomic mass is 35.6. The van der Waals surface area contributed by atoms with Crippen LogP contribution in [0.3, 0.4) is 0 Å². The molecular formula is C9H10Cl3NO5. The standard InChI is InChI=1S/C9H10Cl3NO5/c1-8(2,9(10,11)12)17-7(16)18-13-5(14)3-4-6(13)15/h3-4H2,1-2H3. The Bertz CT molecular complexity index is 374. The predicted octanol–water partition coefficient (Wildman–Crippen LogP) is 2.35. The second-order valence-electron chi connectivity index (χ2n) is 4.03. The van der Waals surface area contributed by atoms with Crippen molar-refractivity contribution in [1.29, 1.82) is 0 Å². The van der Waals surface area contributed by atoms with E-state index >= 15 is 0 Å². The number of halogens is 3. The highest BCUT2D eigenvalue weighted by Gasteiger charge is 2.45. The number of amides is 2. The van der Waals surface area contributed by atoms with Crippen molar-refractivity contribution < 1.29 is 24.0 Å². The van der Waals surface area contributed by atoms with E-state index in [2.05, 4.69) is 4.84 Å². The molecule has 0 unspecified atom stereocenters. The monoisotopic (exact) mass is 317 g/mol. The van der Waals surface area contributed by atoms with Crippen LogP contribution in [-0.4, -0.2) is 32.4 Å². The Balaban J connectivity index is 2.63. The molecule has 0 aromatic carbocycles. The Morgan fingerprint density at radius 2 is 1.61 bits per heavy atom. The molecule has 9 heteroatoms. The lowest BCUT2D eigenvalue weighted by Crippen LogP contribution is -2.43. The third-order valence-corrected chi connectivity index (χ3v) is 3.56. The SMILES string of the molecule is CC(C)(OC(=O)ON1C(=O)CCC1=O)C(Cl)(Cl)Cl. The highest BCUT2D eigenvalue weighted by molar-refractivity contribution is 6.68. The highest BCUT2D eigenvalue weighted by Crippen LogP contribution is 2.40. The summed E-state index contributed by atoms with van der Waals surface area (Å²) >= 11 is 16.8. The van der Waals surface area contributed by atoms with Crippen LogP contribution in [0.5, 0.6) is 0 Å². The summed E-state index contributed by atoms with van der Waals surface area (Å²) in [6, 6.07) is 0. The van der Waals surface area contributed by atoms with Gasteiger partial charge in [-0.15, -0.1) is 0 Å². The van der Waals surface area contributed by atoms with Crippen LogP contribution in [-0.2, 0) is 19.2 Å². The van der Waals surface area contributed by atoms with Gasteiger partial charge in [0.25, 0.3) is 11.8 Å². The lowest BCUT2D eigenvalue weighted by atomic mass is 10.2. The Labute approximate surface area is 118 Å². The van der Waals surface area contributed by atoms with Crippen LogP contribution in [0.1, 0.15) is 26.7 Å². The summed E-state index contributed by atoms with van der Waals surface area (Å²) in [5.74, 6) is -1.24. The van der Waals surface area contributed by atoms with Crippen molar-refractivity contribution in [3.8, 4) is 0 Å². The zero-order valence-corrected chi connectivity index (χ0v) is 11.8. The number of hydrogen-bond acceptors (Lipinski definition) is 5. The van der Waals surface area contributed by atoms with E-state index in [0.29, 0.717) is 5.06 Å². The molecule has 1 fully saturated rings. The number of ether oxygens (including phenoxy) is 1. The van der Waals surface area contributed by atoms with Crippen LogP contribution >= 0.6 is 34.8 Å². The van der Waals surface area contributed by atoms with Gasteiger partial charge in [-0.2, -0.15) is 0 Å². The molecule has 1 rings (SSSR count). The molecule has 18 heavy (non-hydrogen) atoms. The second-order valence-corrected chi connectivity index (χ2v) is 6.31. The number of nitrogens with zero attached hydrogens (tertiary/aromatic N) is 1. The minimum absolute atomic E-state index is 0.0139. The van der Waals surface area contributed by atoms with Crippen LogP contribution in [0.4, 0.5) is 4.79 Å². The van der Waals surface area contributed by atoms with Gasteiger partial charge < -0.3 is 4.74 Å². The summed E-state index contributed by atoms with van der Waals surface area (Å²) in [5.41, 5.74) is -1.49. The number of alkyl halides is 3. The lowest BCUT2D eigenvalue weighted by Gasteiger charge is -2.31. The molecule has 1 aliphatic rings. The van der Waals surface area contributed by atoms with Gasteiger partial charge in [-0.25, -0.2) is 4.79 Å². The van der Waals surface area contributed by atoms with E-state index in [1.807, 2.05) is 0 Å². The topological polar surface area (TPSA) is 72.9 Å². The van der Waals surface area contributed by atoms with Gasteiger partial charge in [0.15, 0.2) is 5.60 Å². The average molecular weight is 319 g/mol. The van der Waals surface area contributed by atoms with E-state index in [9.17, 15) is 14.4 Å². The second kappa shape index (κ2) is 5.11. The molecule has 0 radical (unpaired) electrons.